The zero-order chi connectivity index (χ0) is 25.2. The quantitative estimate of drug-likeness (QED) is 0.464. The second-order valence-corrected chi connectivity index (χ2v) is 9.21. The molecular weight excluding hydrogens is 469 g/mol. The number of rotatable bonds is 12. The molecule has 9 nitrogen and oxygen atoms in total. The molecule has 0 bridgehead atoms. The topological polar surface area (TPSA) is 87.9 Å². The molecule has 0 saturated carbocycles. The molecule has 1 aromatic carbocycles. The summed E-state index contributed by atoms with van der Waals surface area (Å²) in [6.45, 7) is 7.56. The SMILES string of the molecule is O=C(c1ccc(F)cc1)N(CCN1CCOCC1)C[C@@H]1CN(C[C@H](O)COCc2ccco2)CCO1. The molecule has 36 heavy (non-hydrogen) atoms. The number of amides is 1. The Labute approximate surface area is 211 Å². The van der Waals surface area contributed by atoms with E-state index in [1.165, 1.54) is 24.3 Å². The highest BCUT2D eigenvalue weighted by Gasteiger charge is 2.27. The second kappa shape index (κ2) is 13.8. The van der Waals surface area contributed by atoms with Gasteiger partial charge in [0.25, 0.3) is 5.91 Å². The summed E-state index contributed by atoms with van der Waals surface area (Å²) in [6, 6.07) is 9.28. The maximum Gasteiger partial charge on any atom is 0.253 e. The third-order valence-corrected chi connectivity index (χ3v) is 6.42. The molecular formula is C26H36FN3O6. The van der Waals surface area contributed by atoms with Gasteiger partial charge < -0.3 is 28.6 Å². The molecule has 2 saturated heterocycles. The highest BCUT2D eigenvalue weighted by molar-refractivity contribution is 5.94. The number of aliphatic hydroxyl groups is 1. The first kappa shape index (κ1) is 26.7. The fourth-order valence-corrected chi connectivity index (χ4v) is 4.48. The van der Waals surface area contributed by atoms with Gasteiger partial charge in [-0.15, -0.1) is 0 Å². The Balaban J connectivity index is 1.29. The Bertz CT molecular complexity index is 907. The lowest BCUT2D eigenvalue weighted by Crippen LogP contribution is -2.52. The van der Waals surface area contributed by atoms with E-state index >= 15 is 0 Å². The van der Waals surface area contributed by atoms with Gasteiger partial charge >= 0.3 is 0 Å². The van der Waals surface area contributed by atoms with Crippen LogP contribution in [0.3, 0.4) is 0 Å². The number of hydrogen-bond acceptors (Lipinski definition) is 8. The van der Waals surface area contributed by atoms with Crippen LogP contribution in [0.5, 0.6) is 0 Å². The predicted molar refractivity (Wildman–Crippen MR) is 130 cm³/mol. The molecule has 2 aliphatic rings. The van der Waals surface area contributed by atoms with Crippen LogP contribution in [-0.2, 0) is 20.8 Å². The standard InChI is InChI=1S/C26H36FN3O6/c27-22-5-3-21(4-6-22)26(32)30(8-7-28-9-13-33-14-10-28)18-25-17-29(11-15-36-25)16-23(31)19-34-20-24-2-1-12-35-24/h1-6,12,23,25,31H,7-11,13-20H2/t23-,25-/m0/s1. The van der Waals surface area contributed by atoms with Crippen LogP contribution < -0.4 is 0 Å². The molecule has 10 heteroatoms. The molecule has 2 aliphatic heterocycles. The summed E-state index contributed by atoms with van der Waals surface area (Å²) >= 11 is 0. The first-order valence-electron chi connectivity index (χ1n) is 12.5. The summed E-state index contributed by atoms with van der Waals surface area (Å²) in [6.07, 6.45) is 0.759. The number of carbonyl (C=O) groups excluding carboxylic acids is 1. The zero-order valence-electron chi connectivity index (χ0n) is 20.6. The second-order valence-electron chi connectivity index (χ2n) is 9.21. The van der Waals surface area contributed by atoms with Crippen molar-refractivity contribution in [1.82, 2.24) is 14.7 Å². The minimum atomic E-state index is -0.642. The van der Waals surface area contributed by atoms with Gasteiger partial charge in [-0.05, 0) is 36.4 Å². The van der Waals surface area contributed by atoms with Gasteiger partial charge in [-0.2, -0.15) is 0 Å². The van der Waals surface area contributed by atoms with Crippen molar-refractivity contribution in [2.45, 2.75) is 18.8 Å². The molecule has 0 radical (unpaired) electrons. The molecule has 0 spiro atoms. The molecule has 0 aliphatic carbocycles. The number of halogens is 1. The van der Waals surface area contributed by atoms with Crippen LogP contribution in [0.25, 0.3) is 0 Å². The number of furan rings is 1. The minimum Gasteiger partial charge on any atom is -0.467 e. The van der Waals surface area contributed by atoms with Crippen LogP contribution in [0.15, 0.2) is 47.1 Å². The van der Waals surface area contributed by atoms with E-state index in [1.807, 2.05) is 6.07 Å². The van der Waals surface area contributed by atoms with Crippen molar-refractivity contribution < 1.29 is 32.9 Å². The van der Waals surface area contributed by atoms with E-state index in [9.17, 15) is 14.3 Å². The lowest BCUT2D eigenvalue weighted by molar-refractivity contribution is -0.0610. The van der Waals surface area contributed by atoms with Gasteiger partial charge in [-0.1, -0.05) is 0 Å². The number of β-amino-alcohol motifs (C(OH)–C–C–N with tert-alkyl or cyclic N) is 1. The van der Waals surface area contributed by atoms with Crippen molar-refractivity contribution in [3.05, 3.63) is 59.8 Å². The molecule has 2 aromatic rings. The lowest BCUT2D eigenvalue weighted by Gasteiger charge is -2.37. The first-order valence-corrected chi connectivity index (χ1v) is 12.5. The Morgan fingerprint density at radius 2 is 1.92 bits per heavy atom. The van der Waals surface area contributed by atoms with E-state index in [0.29, 0.717) is 64.7 Å². The monoisotopic (exact) mass is 505 g/mol. The van der Waals surface area contributed by atoms with Crippen LogP contribution in [0.4, 0.5) is 4.39 Å². The molecule has 1 aromatic heterocycles. The Kier molecular flexibility index (Phi) is 10.3. The van der Waals surface area contributed by atoms with Crippen molar-refractivity contribution in [2.24, 2.45) is 0 Å². The molecule has 3 heterocycles. The average molecular weight is 506 g/mol. The molecule has 4 rings (SSSR count). The predicted octanol–water partition coefficient (Wildman–Crippen LogP) is 1.47. The van der Waals surface area contributed by atoms with Crippen molar-refractivity contribution in [1.29, 1.82) is 0 Å². The van der Waals surface area contributed by atoms with E-state index in [2.05, 4.69) is 9.80 Å². The van der Waals surface area contributed by atoms with Gasteiger partial charge in [0, 0.05) is 57.9 Å². The fourth-order valence-electron chi connectivity index (χ4n) is 4.48. The molecule has 1 amide bonds. The van der Waals surface area contributed by atoms with Crippen LogP contribution in [0.2, 0.25) is 0 Å². The van der Waals surface area contributed by atoms with Gasteiger partial charge in [0.05, 0.1) is 44.9 Å². The van der Waals surface area contributed by atoms with Crippen LogP contribution in [0.1, 0.15) is 16.1 Å². The molecule has 2 atom stereocenters. The number of hydrogen-bond donors (Lipinski definition) is 1. The van der Waals surface area contributed by atoms with Crippen molar-refractivity contribution in [2.75, 3.05) is 78.8 Å². The van der Waals surface area contributed by atoms with Gasteiger partial charge in [0.15, 0.2) is 0 Å². The number of benzene rings is 1. The minimum absolute atomic E-state index is 0.143. The van der Waals surface area contributed by atoms with Gasteiger partial charge in [0.2, 0.25) is 0 Å². The fraction of sp³-hybridized carbons (Fsp3) is 0.577. The van der Waals surface area contributed by atoms with Crippen LogP contribution in [-0.4, -0.2) is 117 Å². The maximum absolute atomic E-state index is 13.4. The molecule has 1 N–H and O–H groups in total. The lowest BCUT2D eigenvalue weighted by atomic mass is 10.1. The summed E-state index contributed by atoms with van der Waals surface area (Å²) in [4.78, 5) is 19.5. The van der Waals surface area contributed by atoms with E-state index < -0.39 is 6.10 Å². The number of nitrogens with zero attached hydrogens (tertiary/aromatic N) is 3. The largest absolute Gasteiger partial charge is 0.467 e. The summed E-state index contributed by atoms with van der Waals surface area (Å²) < 4.78 is 35.6. The van der Waals surface area contributed by atoms with E-state index in [4.69, 9.17) is 18.6 Å². The smallest absolute Gasteiger partial charge is 0.253 e. The number of ether oxygens (including phenoxy) is 3. The summed E-state index contributed by atoms with van der Waals surface area (Å²) in [7, 11) is 0. The third-order valence-electron chi connectivity index (χ3n) is 6.42. The van der Waals surface area contributed by atoms with Crippen molar-refractivity contribution in [3.63, 3.8) is 0 Å². The van der Waals surface area contributed by atoms with E-state index in [0.717, 1.165) is 25.4 Å². The average Bonchev–Trinajstić information content (AvgIpc) is 3.41. The van der Waals surface area contributed by atoms with Gasteiger partial charge in [-0.3, -0.25) is 14.6 Å². The summed E-state index contributed by atoms with van der Waals surface area (Å²) in [5.74, 6) is 0.205. The highest BCUT2D eigenvalue weighted by atomic mass is 19.1. The van der Waals surface area contributed by atoms with Crippen molar-refractivity contribution >= 4 is 5.91 Å². The van der Waals surface area contributed by atoms with E-state index in [-0.39, 0.29) is 24.4 Å². The Hall–Kier alpha value is -2.34. The number of aliphatic hydroxyl groups excluding tert-OH is 1. The molecule has 0 unspecified atom stereocenters. The van der Waals surface area contributed by atoms with Crippen LogP contribution in [0, 0.1) is 5.82 Å². The third kappa shape index (κ3) is 8.36. The zero-order valence-corrected chi connectivity index (χ0v) is 20.6. The summed E-state index contributed by atoms with van der Waals surface area (Å²) in [5, 5.41) is 10.4. The molecule has 198 valence electrons. The Morgan fingerprint density at radius 1 is 1.14 bits per heavy atom. The number of morpholine rings is 2. The highest BCUT2D eigenvalue weighted by Crippen LogP contribution is 2.13. The normalized spacial score (nSPS) is 20.3. The van der Waals surface area contributed by atoms with Gasteiger partial charge in [-0.25, -0.2) is 4.39 Å². The number of carbonyl (C=O) groups is 1. The first-order chi connectivity index (χ1) is 17.6. The van der Waals surface area contributed by atoms with Gasteiger partial charge in [0.1, 0.15) is 18.2 Å². The van der Waals surface area contributed by atoms with E-state index in [1.54, 1.807) is 17.2 Å². The van der Waals surface area contributed by atoms with Crippen LogP contribution >= 0.6 is 0 Å². The maximum atomic E-state index is 13.4. The molecule has 2 fully saturated rings. The summed E-state index contributed by atoms with van der Waals surface area (Å²) in [5.41, 5.74) is 0.454. The Morgan fingerprint density at radius 3 is 2.67 bits per heavy atom. The van der Waals surface area contributed by atoms with Crippen molar-refractivity contribution in [3.8, 4) is 0 Å².